The fourth-order valence-electron chi connectivity index (χ4n) is 2.72. The van der Waals surface area contributed by atoms with Crippen molar-refractivity contribution in [2.24, 2.45) is 0 Å². The van der Waals surface area contributed by atoms with Gasteiger partial charge in [0.2, 0.25) is 0 Å². The Bertz CT molecular complexity index is 663. The van der Waals surface area contributed by atoms with E-state index in [2.05, 4.69) is 0 Å². The summed E-state index contributed by atoms with van der Waals surface area (Å²) in [6.07, 6.45) is 1.85. The lowest BCUT2D eigenvalue weighted by Gasteiger charge is -2.33. The van der Waals surface area contributed by atoms with Crippen molar-refractivity contribution in [2.45, 2.75) is 62.6 Å². The standard InChI is InChI=1S/C17H24O6S/c1-13-6-8-15(9-7-13)24(20,21)22-10-4-3-5-14-11-17(2,19)12-16(18)23-14/h6-9,14,19H,3-5,10-12H2,1-2H3. The van der Waals surface area contributed by atoms with E-state index in [1.807, 2.05) is 6.92 Å². The van der Waals surface area contributed by atoms with E-state index in [1.165, 1.54) is 12.1 Å². The minimum absolute atomic E-state index is 0.0153. The van der Waals surface area contributed by atoms with Crippen molar-refractivity contribution in [1.29, 1.82) is 0 Å². The van der Waals surface area contributed by atoms with E-state index in [-0.39, 0.29) is 24.0 Å². The number of hydrogen-bond donors (Lipinski definition) is 1. The highest BCUT2D eigenvalue weighted by Gasteiger charge is 2.35. The summed E-state index contributed by atoms with van der Waals surface area (Å²) >= 11 is 0. The van der Waals surface area contributed by atoms with E-state index >= 15 is 0 Å². The maximum Gasteiger partial charge on any atom is 0.308 e. The first kappa shape index (κ1) is 18.9. The number of carbonyl (C=O) groups is 1. The van der Waals surface area contributed by atoms with E-state index < -0.39 is 21.7 Å². The number of carbonyl (C=O) groups excluding carboxylic acids is 1. The molecule has 0 saturated carbocycles. The number of esters is 1. The molecule has 0 spiro atoms. The SMILES string of the molecule is Cc1ccc(S(=O)(=O)OCCCCC2CC(C)(O)CC(=O)O2)cc1. The zero-order valence-corrected chi connectivity index (χ0v) is 14.8. The number of ether oxygens (including phenoxy) is 1. The van der Waals surface area contributed by atoms with Crippen LogP contribution in [-0.4, -0.2) is 37.8 Å². The molecule has 1 fully saturated rings. The summed E-state index contributed by atoms with van der Waals surface area (Å²) in [5, 5.41) is 9.97. The molecule has 2 atom stereocenters. The van der Waals surface area contributed by atoms with Gasteiger partial charge in [0.25, 0.3) is 10.1 Å². The van der Waals surface area contributed by atoms with Gasteiger partial charge in [-0.25, -0.2) is 0 Å². The number of aliphatic hydroxyl groups is 1. The molecule has 1 aliphatic rings. The molecule has 1 aliphatic heterocycles. The second-order valence-corrected chi connectivity index (χ2v) is 8.19. The van der Waals surface area contributed by atoms with Crippen LogP contribution >= 0.6 is 0 Å². The fourth-order valence-corrected chi connectivity index (χ4v) is 3.66. The third-order valence-corrected chi connectivity index (χ3v) is 5.29. The van der Waals surface area contributed by atoms with Crippen LogP contribution in [0.15, 0.2) is 29.2 Å². The molecule has 6 nitrogen and oxygen atoms in total. The Balaban J connectivity index is 1.73. The molecule has 0 aromatic heterocycles. The quantitative estimate of drug-likeness (QED) is 0.458. The molecule has 1 aromatic rings. The average Bonchev–Trinajstić information content (AvgIpc) is 2.45. The van der Waals surface area contributed by atoms with Gasteiger partial charge in [0.15, 0.2) is 0 Å². The summed E-state index contributed by atoms with van der Waals surface area (Å²) in [4.78, 5) is 11.5. The Hall–Kier alpha value is -1.44. The second kappa shape index (κ2) is 7.63. The van der Waals surface area contributed by atoms with Crippen LogP contribution in [0.5, 0.6) is 0 Å². The van der Waals surface area contributed by atoms with Crippen LogP contribution in [0.25, 0.3) is 0 Å². The van der Waals surface area contributed by atoms with Gasteiger partial charge in [-0.2, -0.15) is 8.42 Å². The molecule has 2 unspecified atom stereocenters. The van der Waals surface area contributed by atoms with Crippen molar-refractivity contribution in [3.63, 3.8) is 0 Å². The Labute approximate surface area is 142 Å². The highest BCUT2D eigenvalue weighted by atomic mass is 32.2. The Morgan fingerprint density at radius 1 is 1.29 bits per heavy atom. The summed E-state index contributed by atoms with van der Waals surface area (Å²) in [7, 11) is -3.74. The number of unbranched alkanes of at least 4 members (excludes halogenated alkanes) is 1. The highest BCUT2D eigenvalue weighted by molar-refractivity contribution is 7.86. The number of rotatable bonds is 7. The van der Waals surface area contributed by atoms with E-state index in [1.54, 1.807) is 19.1 Å². The van der Waals surface area contributed by atoms with Crippen LogP contribution in [-0.2, 0) is 23.8 Å². The molecule has 1 aromatic carbocycles. The van der Waals surface area contributed by atoms with Gasteiger partial charge in [-0.05, 0) is 45.2 Å². The smallest absolute Gasteiger partial charge is 0.308 e. The Morgan fingerprint density at radius 2 is 1.96 bits per heavy atom. The zero-order chi connectivity index (χ0) is 17.8. The van der Waals surface area contributed by atoms with Crippen LogP contribution in [0.4, 0.5) is 0 Å². The third kappa shape index (κ3) is 5.58. The molecular formula is C17H24O6S. The molecule has 7 heteroatoms. The molecule has 1 saturated heterocycles. The van der Waals surface area contributed by atoms with Gasteiger partial charge in [-0.3, -0.25) is 8.98 Å². The van der Waals surface area contributed by atoms with Crippen molar-refractivity contribution < 1.29 is 27.2 Å². The zero-order valence-electron chi connectivity index (χ0n) is 14.0. The topological polar surface area (TPSA) is 89.9 Å². The predicted molar refractivity (Wildman–Crippen MR) is 87.9 cm³/mol. The predicted octanol–water partition coefficient (Wildman–Crippen LogP) is 2.33. The van der Waals surface area contributed by atoms with Gasteiger partial charge in [0.05, 0.1) is 23.5 Å². The molecule has 0 radical (unpaired) electrons. The lowest BCUT2D eigenvalue weighted by Crippen LogP contribution is -2.40. The van der Waals surface area contributed by atoms with Gasteiger partial charge in [-0.15, -0.1) is 0 Å². The molecule has 0 amide bonds. The first-order valence-corrected chi connectivity index (χ1v) is 9.47. The molecule has 0 bridgehead atoms. The maximum atomic E-state index is 12.0. The van der Waals surface area contributed by atoms with Crippen molar-refractivity contribution >= 4 is 16.1 Å². The van der Waals surface area contributed by atoms with Crippen LogP contribution in [0, 0.1) is 6.92 Å². The lowest BCUT2D eigenvalue weighted by molar-refractivity contribution is -0.168. The fraction of sp³-hybridized carbons (Fsp3) is 0.588. The summed E-state index contributed by atoms with van der Waals surface area (Å²) in [5.41, 5.74) is -0.0440. The van der Waals surface area contributed by atoms with Crippen LogP contribution in [0.3, 0.4) is 0 Å². The van der Waals surface area contributed by atoms with E-state index in [0.29, 0.717) is 25.7 Å². The summed E-state index contributed by atoms with van der Waals surface area (Å²) in [6, 6.07) is 6.49. The molecule has 134 valence electrons. The molecule has 1 heterocycles. The maximum absolute atomic E-state index is 12.0. The summed E-state index contributed by atoms with van der Waals surface area (Å²) in [6.45, 7) is 3.58. The van der Waals surface area contributed by atoms with Crippen molar-refractivity contribution in [2.75, 3.05) is 6.61 Å². The van der Waals surface area contributed by atoms with Crippen LogP contribution in [0.1, 0.15) is 44.6 Å². The summed E-state index contributed by atoms with van der Waals surface area (Å²) in [5.74, 6) is -0.394. The molecular weight excluding hydrogens is 332 g/mol. The number of benzene rings is 1. The lowest BCUT2D eigenvalue weighted by atomic mass is 9.90. The molecule has 1 N–H and O–H groups in total. The average molecular weight is 356 g/mol. The third-order valence-electron chi connectivity index (χ3n) is 3.96. The Morgan fingerprint density at radius 3 is 2.58 bits per heavy atom. The van der Waals surface area contributed by atoms with Gasteiger partial charge in [0, 0.05) is 6.42 Å². The minimum atomic E-state index is -3.74. The first-order valence-electron chi connectivity index (χ1n) is 8.06. The van der Waals surface area contributed by atoms with Crippen molar-refractivity contribution in [3.8, 4) is 0 Å². The van der Waals surface area contributed by atoms with Crippen LogP contribution in [0.2, 0.25) is 0 Å². The number of hydrogen-bond acceptors (Lipinski definition) is 6. The van der Waals surface area contributed by atoms with Crippen LogP contribution < -0.4 is 0 Å². The largest absolute Gasteiger partial charge is 0.462 e. The molecule has 2 rings (SSSR count). The minimum Gasteiger partial charge on any atom is -0.462 e. The van der Waals surface area contributed by atoms with E-state index in [0.717, 1.165) is 5.56 Å². The Kier molecular flexibility index (Phi) is 6.01. The van der Waals surface area contributed by atoms with E-state index in [9.17, 15) is 18.3 Å². The van der Waals surface area contributed by atoms with Crippen molar-refractivity contribution in [1.82, 2.24) is 0 Å². The normalized spacial score (nSPS) is 24.6. The van der Waals surface area contributed by atoms with E-state index in [4.69, 9.17) is 8.92 Å². The monoisotopic (exact) mass is 356 g/mol. The highest BCUT2D eigenvalue weighted by Crippen LogP contribution is 2.27. The molecule has 24 heavy (non-hydrogen) atoms. The van der Waals surface area contributed by atoms with Crippen molar-refractivity contribution in [3.05, 3.63) is 29.8 Å². The second-order valence-electron chi connectivity index (χ2n) is 6.57. The van der Waals surface area contributed by atoms with Gasteiger partial charge in [0.1, 0.15) is 6.10 Å². The summed E-state index contributed by atoms with van der Waals surface area (Å²) < 4.78 is 34.2. The van der Waals surface area contributed by atoms with Gasteiger partial charge >= 0.3 is 5.97 Å². The van der Waals surface area contributed by atoms with Gasteiger partial charge in [-0.1, -0.05) is 17.7 Å². The molecule has 0 aliphatic carbocycles. The number of aryl methyl sites for hydroxylation is 1. The first-order chi connectivity index (χ1) is 11.2. The van der Waals surface area contributed by atoms with Gasteiger partial charge < -0.3 is 9.84 Å². The number of cyclic esters (lactones) is 1.